The molecule has 13 rings (SSSR count). The van der Waals surface area contributed by atoms with Crippen molar-refractivity contribution in [2.75, 3.05) is 18.7 Å². The summed E-state index contributed by atoms with van der Waals surface area (Å²) < 4.78 is 42.9. The van der Waals surface area contributed by atoms with Crippen molar-refractivity contribution in [3.05, 3.63) is 291 Å². The monoisotopic (exact) mass is 990 g/mol. The Morgan fingerprint density at radius 1 is 0.203 bits per heavy atom. The maximum absolute atomic E-state index is 17.4. The first kappa shape index (κ1) is 45.0. The third-order valence-electron chi connectivity index (χ3n) is 14.1. The van der Waals surface area contributed by atoms with Crippen LogP contribution in [0.5, 0.6) is 0 Å². The number of hydrogen-bond acceptors (Lipinski definition) is 2. The molecule has 0 spiro atoms. The molecule has 8 heteroatoms. The third kappa shape index (κ3) is 7.58. The molecule has 2 aliphatic rings. The van der Waals surface area contributed by atoms with E-state index in [2.05, 4.69) is 121 Å². The second-order valence-electron chi connectivity index (χ2n) is 18.5. The van der Waals surface area contributed by atoms with Gasteiger partial charge in [0.15, 0.2) is 0 Å². The van der Waals surface area contributed by atoms with E-state index in [-0.39, 0.29) is 0 Å². The van der Waals surface area contributed by atoms with Crippen LogP contribution in [0, 0.1) is 0 Å². The van der Waals surface area contributed by atoms with Crippen molar-refractivity contribution in [1.29, 1.82) is 0 Å². The summed E-state index contributed by atoms with van der Waals surface area (Å²) in [5.74, 6) is 0. The van der Waals surface area contributed by atoms with Crippen LogP contribution in [0.1, 0.15) is 0 Å². The van der Waals surface area contributed by atoms with Crippen molar-refractivity contribution in [3.8, 4) is 44.5 Å². The molecule has 6 nitrogen and oxygen atoms in total. The maximum Gasteiger partial charge on any atom is 0.301 e. The van der Waals surface area contributed by atoms with Gasteiger partial charge in [0.25, 0.3) is 0 Å². The number of rotatable bonds is 10. The number of benzene rings is 11. The standard InChI is InChI=1S/C66H48N4O2P2/c71-73(67(57-33-17-29-53(45-57)49-21-5-1-6-22-49)63-37-13-14-38-64(63)68(73)58-34-18-30-54(46-58)50-23-7-2-8-24-50)61-41-43-62(44-42-61)74(72)69(59-35-19-31-55(47-59)51-25-9-3-10-26-51)65-39-15-16-40-66(65)70(74)60-36-20-32-56(48-60)52-27-11-4-12-28-52/h1-48H. The van der Waals surface area contributed by atoms with Crippen LogP contribution in [-0.4, -0.2) is 0 Å². The maximum atomic E-state index is 17.4. The lowest BCUT2D eigenvalue weighted by molar-refractivity contribution is 0.581. The van der Waals surface area contributed by atoms with Crippen molar-refractivity contribution < 1.29 is 9.13 Å². The van der Waals surface area contributed by atoms with Crippen molar-refractivity contribution in [1.82, 2.24) is 0 Å². The van der Waals surface area contributed by atoms with E-state index in [9.17, 15) is 0 Å². The fraction of sp³-hybridized carbons (Fsp3) is 0. The number of anilines is 8. The second kappa shape index (κ2) is 18.6. The molecule has 11 aromatic rings. The Kier molecular flexibility index (Phi) is 11.3. The molecule has 0 aliphatic carbocycles. The molecule has 0 N–H and O–H groups in total. The van der Waals surface area contributed by atoms with E-state index in [0.29, 0.717) is 10.6 Å². The van der Waals surface area contributed by atoms with E-state index in [1.165, 1.54) is 0 Å². The summed E-state index contributed by atoms with van der Waals surface area (Å²) in [6, 6.07) is 98.5. The molecule has 0 unspecified atom stereocenters. The van der Waals surface area contributed by atoms with Gasteiger partial charge in [-0.1, -0.05) is 194 Å². The van der Waals surface area contributed by atoms with Gasteiger partial charge in [-0.3, -0.25) is 27.8 Å². The van der Waals surface area contributed by atoms with Gasteiger partial charge < -0.3 is 0 Å². The van der Waals surface area contributed by atoms with Gasteiger partial charge in [-0.2, -0.15) is 0 Å². The highest BCUT2D eigenvalue weighted by Gasteiger charge is 2.52. The van der Waals surface area contributed by atoms with Crippen LogP contribution in [0.25, 0.3) is 44.5 Å². The smallest absolute Gasteiger partial charge is 0.270 e. The zero-order chi connectivity index (χ0) is 49.6. The SMILES string of the molecule is O=P1(c2ccc(P3(=O)N(c4cccc(-c5ccccc5)c4)c4ccccc4N3c3cccc(-c4ccccc4)c3)cc2)N(c2cccc(-c3ccccc3)c2)c2ccccc2N1c1cccc(-c2ccccc2)c1. The van der Waals surface area contributed by atoms with Gasteiger partial charge in [0.1, 0.15) is 0 Å². The van der Waals surface area contributed by atoms with E-state index >= 15 is 9.13 Å². The average molecular weight is 991 g/mol. The fourth-order valence-electron chi connectivity index (χ4n) is 10.7. The molecular formula is C66H48N4O2P2. The molecule has 0 atom stereocenters. The molecular weight excluding hydrogens is 943 g/mol. The predicted octanol–water partition coefficient (Wildman–Crippen LogP) is 18.0. The molecule has 2 aliphatic heterocycles. The Morgan fingerprint density at radius 2 is 0.405 bits per heavy atom. The Labute approximate surface area is 432 Å². The van der Waals surface area contributed by atoms with Gasteiger partial charge in [-0.15, -0.1) is 0 Å². The van der Waals surface area contributed by atoms with Gasteiger partial charge in [-0.05, 0) is 142 Å². The van der Waals surface area contributed by atoms with Crippen LogP contribution in [0.15, 0.2) is 291 Å². The summed E-state index contributed by atoms with van der Waals surface area (Å²) in [5.41, 5.74) is 14.8. The van der Waals surface area contributed by atoms with Gasteiger partial charge >= 0.3 is 14.9 Å². The lowest BCUT2D eigenvalue weighted by atomic mass is 10.0. The molecule has 354 valence electrons. The zero-order valence-electron chi connectivity index (χ0n) is 40.2. The normalized spacial score (nSPS) is 14.2. The number of fused-ring (bicyclic) bond motifs is 2. The Balaban J connectivity index is 1.01. The van der Waals surface area contributed by atoms with E-state index in [4.69, 9.17) is 0 Å². The summed E-state index contributed by atoms with van der Waals surface area (Å²) >= 11 is 0. The van der Waals surface area contributed by atoms with Crippen molar-refractivity contribution in [2.24, 2.45) is 0 Å². The molecule has 0 saturated heterocycles. The summed E-state index contributed by atoms with van der Waals surface area (Å²) in [6.45, 7) is 0. The average Bonchev–Trinajstić information content (AvgIpc) is 3.92. The largest absolute Gasteiger partial charge is 0.301 e. The fourth-order valence-corrected chi connectivity index (χ4v) is 16.6. The Hall–Kier alpha value is -8.92. The van der Waals surface area contributed by atoms with Crippen molar-refractivity contribution >= 4 is 71.0 Å². The molecule has 0 amide bonds. The minimum atomic E-state index is -3.90. The molecule has 0 radical (unpaired) electrons. The van der Waals surface area contributed by atoms with Gasteiger partial charge in [0, 0.05) is 0 Å². The first-order valence-corrected chi connectivity index (χ1v) is 28.0. The summed E-state index contributed by atoms with van der Waals surface area (Å²) in [5, 5.41) is 1.18. The highest BCUT2D eigenvalue weighted by atomic mass is 31.2. The van der Waals surface area contributed by atoms with E-state index in [1.807, 2.05) is 189 Å². The molecule has 11 aromatic carbocycles. The Bertz CT molecular complexity index is 3460. The first-order chi connectivity index (χ1) is 36.5. The minimum Gasteiger partial charge on any atom is -0.270 e. The topological polar surface area (TPSA) is 47.1 Å². The summed E-state index contributed by atoms with van der Waals surface area (Å²) in [4.78, 5) is 0. The zero-order valence-corrected chi connectivity index (χ0v) is 42.0. The predicted molar refractivity (Wildman–Crippen MR) is 310 cm³/mol. The molecule has 0 fully saturated rings. The number of nitrogens with zero attached hydrogens (tertiary/aromatic N) is 4. The van der Waals surface area contributed by atoms with Gasteiger partial charge in [-0.25, -0.2) is 0 Å². The molecule has 2 heterocycles. The van der Waals surface area contributed by atoms with Crippen LogP contribution in [0.4, 0.5) is 45.5 Å². The van der Waals surface area contributed by atoms with Gasteiger partial charge in [0.2, 0.25) is 0 Å². The lowest BCUT2D eigenvalue weighted by Gasteiger charge is -2.35. The van der Waals surface area contributed by atoms with E-state index in [0.717, 1.165) is 90.0 Å². The van der Waals surface area contributed by atoms with Crippen LogP contribution in [0.3, 0.4) is 0 Å². The molecule has 0 aromatic heterocycles. The minimum absolute atomic E-state index is 0.589. The van der Waals surface area contributed by atoms with Crippen molar-refractivity contribution in [3.63, 3.8) is 0 Å². The van der Waals surface area contributed by atoms with Gasteiger partial charge in [0.05, 0.1) is 56.1 Å². The molecule has 0 saturated carbocycles. The first-order valence-electron chi connectivity index (χ1n) is 24.8. The Morgan fingerprint density at radius 3 is 0.635 bits per heavy atom. The summed E-state index contributed by atoms with van der Waals surface area (Å²) in [6.07, 6.45) is 0. The molecule has 74 heavy (non-hydrogen) atoms. The van der Waals surface area contributed by atoms with E-state index < -0.39 is 14.9 Å². The quantitative estimate of drug-likeness (QED) is 0.127. The number of hydrogen-bond donors (Lipinski definition) is 0. The summed E-state index contributed by atoms with van der Waals surface area (Å²) in [7, 11) is -7.80. The second-order valence-corrected chi connectivity index (χ2v) is 23.3. The third-order valence-corrected chi connectivity index (χ3v) is 20.0. The number of para-hydroxylation sites is 4. The van der Waals surface area contributed by atoms with Crippen molar-refractivity contribution in [2.45, 2.75) is 0 Å². The lowest BCUT2D eigenvalue weighted by Crippen LogP contribution is -2.30. The highest BCUT2D eigenvalue weighted by Crippen LogP contribution is 2.72. The van der Waals surface area contributed by atoms with Crippen LogP contribution in [-0.2, 0) is 9.13 Å². The van der Waals surface area contributed by atoms with E-state index in [1.54, 1.807) is 0 Å². The van der Waals surface area contributed by atoms with Crippen LogP contribution in [0.2, 0.25) is 0 Å². The van der Waals surface area contributed by atoms with Crippen LogP contribution >= 0.6 is 14.9 Å². The highest BCUT2D eigenvalue weighted by molar-refractivity contribution is 7.76. The molecule has 0 bridgehead atoms. The van der Waals surface area contributed by atoms with Crippen LogP contribution < -0.4 is 29.3 Å².